The quantitative estimate of drug-likeness (QED) is 0.554. The van der Waals surface area contributed by atoms with Gasteiger partial charge in [0.25, 0.3) is 0 Å². The van der Waals surface area contributed by atoms with Crippen LogP contribution in [0.5, 0.6) is 0 Å². The van der Waals surface area contributed by atoms with E-state index >= 15 is 0 Å². The van der Waals surface area contributed by atoms with E-state index in [0.717, 1.165) is 24.2 Å². The summed E-state index contributed by atoms with van der Waals surface area (Å²) in [5.74, 6) is 3.94. The van der Waals surface area contributed by atoms with Crippen LogP contribution < -0.4 is 0 Å². The summed E-state index contributed by atoms with van der Waals surface area (Å²) in [4.78, 5) is 11.8. The van der Waals surface area contributed by atoms with Crippen molar-refractivity contribution in [2.45, 2.75) is 38.5 Å². The Labute approximate surface area is 78.9 Å². The SMILES string of the molecule is O=C1C[C@@H]2CC[C@H]3CC[C@@H]4C[C@@H]1C342. The van der Waals surface area contributed by atoms with Crippen LogP contribution in [-0.2, 0) is 4.79 Å². The van der Waals surface area contributed by atoms with Gasteiger partial charge in [-0.3, -0.25) is 4.79 Å². The summed E-state index contributed by atoms with van der Waals surface area (Å²) >= 11 is 0. The molecule has 0 aromatic rings. The Kier molecular flexibility index (Phi) is 1.01. The third kappa shape index (κ3) is 0.523. The molecule has 0 aliphatic heterocycles. The van der Waals surface area contributed by atoms with Crippen LogP contribution in [0.15, 0.2) is 0 Å². The Morgan fingerprint density at radius 1 is 1.00 bits per heavy atom. The smallest absolute Gasteiger partial charge is 0.136 e. The van der Waals surface area contributed by atoms with Gasteiger partial charge in [-0.15, -0.1) is 0 Å². The first kappa shape index (κ1) is 7.03. The molecule has 70 valence electrons. The monoisotopic (exact) mass is 176 g/mol. The van der Waals surface area contributed by atoms with Gasteiger partial charge in [0.1, 0.15) is 5.78 Å². The van der Waals surface area contributed by atoms with E-state index in [1.54, 1.807) is 0 Å². The Morgan fingerprint density at radius 3 is 2.54 bits per heavy atom. The third-order valence-corrected chi connectivity index (χ3v) is 5.81. The first-order valence-corrected chi connectivity index (χ1v) is 5.86. The molecule has 1 nitrogen and oxygen atoms in total. The van der Waals surface area contributed by atoms with Crippen molar-refractivity contribution in [2.75, 3.05) is 0 Å². The standard InChI is InChI=1S/C12H16O/c13-11-6-9-4-2-7-1-3-8-5-10(11)12(7,8)9/h7-10H,1-6H2/t7-,8-,9+,10+,12?/m1/s1. The molecule has 1 unspecified atom stereocenters. The van der Waals surface area contributed by atoms with Crippen molar-refractivity contribution in [1.29, 1.82) is 0 Å². The van der Waals surface area contributed by atoms with Gasteiger partial charge in [0.2, 0.25) is 0 Å². The van der Waals surface area contributed by atoms with Crippen molar-refractivity contribution in [3.8, 4) is 0 Å². The Balaban J connectivity index is 1.88. The van der Waals surface area contributed by atoms with Crippen molar-refractivity contribution in [1.82, 2.24) is 0 Å². The van der Waals surface area contributed by atoms with Crippen LogP contribution in [0.4, 0.5) is 0 Å². The highest BCUT2D eigenvalue weighted by molar-refractivity contribution is 5.86. The van der Waals surface area contributed by atoms with E-state index in [9.17, 15) is 4.79 Å². The molecule has 0 heterocycles. The van der Waals surface area contributed by atoms with E-state index in [1.807, 2.05) is 0 Å². The van der Waals surface area contributed by atoms with Gasteiger partial charge in [0.05, 0.1) is 0 Å². The van der Waals surface area contributed by atoms with Crippen LogP contribution >= 0.6 is 0 Å². The number of ketones is 1. The lowest BCUT2D eigenvalue weighted by Gasteiger charge is -2.51. The van der Waals surface area contributed by atoms with E-state index in [2.05, 4.69) is 0 Å². The molecule has 4 rings (SSSR count). The summed E-state index contributed by atoms with van der Waals surface area (Å²) in [6.45, 7) is 0. The van der Waals surface area contributed by atoms with Crippen molar-refractivity contribution in [3.63, 3.8) is 0 Å². The lowest BCUT2D eigenvalue weighted by molar-refractivity contribution is -0.131. The molecule has 0 saturated heterocycles. The van der Waals surface area contributed by atoms with E-state index < -0.39 is 0 Å². The van der Waals surface area contributed by atoms with Crippen LogP contribution in [0.25, 0.3) is 0 Å². The number of hydrogen-bond acceptors (Lipinski definition) is 1. The molecule has 1 heteroatoms. The lowest BCUT2D eigenvalue weighted by atomic mass is 9.52. The van der Waals surface area contributed by atoms with Crippen LogP contribution in [0, 0.1) is 29.1 Å². The molecular weight excluding hydrogens is 160 g/mol. The fraction of sp³-hybridized carbons (Fsp3) is 0.917. The lowest BCUT2D eigenvalue weighted by Crippen LogP contribution is -2.48. The molecule has 0 radical (unpaired) electrons. The zero-order valence-corrected chi connectivity index (χ0v) is 7.96. The maximum absolute atomic E-state index is 11.8. The van der Waals surface area contributed by atoms with Crippen LogP contribution in [0.1, 0.15) is 38.5 Å². The Morgan fingerprint density at radius 2 is 1.69 bits per heavy atom. The predicted molar refractivity (Wildman–Crippen MR) is 49.1 cm³/mol. The zero-order chi connectivity index (χ0) is 8.63. The summed E-state index contributed by atoms with van der Waals surface area (Å²) < 4.78 is 0. The minimum Gasteiger partial charge on any atom is -0.299 e. The van der Waals surface area contributed by atoms with E-state index in [-0.39, 0.29) is 0 Å². The molecule has 0 bridgehead atoms. The topological polar surface area (TPSA) is 17.1 Å². The fourth-order valence-corrected chi connectivity index (χ4v) is 5.53. The van der Waals surface area contributed by atoms with Gasteiger partial charge in [0.15, 0.2) is 0 Å². The largest absolute Gasteiger partial charge is 0.299 e. The minimum atomic E-state index is 0.539. The van der Waals surface area contributed by atoms with Crippen LogP contribution in [0.2, 0.25) is 0 Å². The van der Waals surface area contributed by atoms with Gasteiger partial charge < -0.3 is 0 Å². The number of carbonyl (C=O) groups is 1. The van der Waals surface area contributed by atoms with Gasteiger partial charge in [-0.2, -0.15) is 0 Å². The van der Waals surface area contributed by atoms with E-state index in [1.165, 1.54) is 32.1 Å². The maximum atomic E-state index is 11.8. The van der Waals surface area contributed by atoms with Crippen molar-refractivity contribution >= 4 is 5.78 Å². The molecule has 1 spiro atoms. The van der Waals surface area contributed by atoms with Gasteiger partial charge in [-0.25, -0.2) is 0 Å². The summed E-state index contributed by atoms with van der Waals surface area (Å²) in [7, 11) is 0. The molecule has 0 aromatic heterocycles. The van der Waals surface area contributed by atoms with Gasteiger partial charge in [-0.05, 0) is 55.3 Å². The molecular formula is C12H16O. The second-order valence-electron chi connectivity index (χ2n) is 5.70. The van der Waals surface area contributed by atoms with Crippen molar-refractivity contribution < 1.29 is 4.79 Å². The number of carbonyl (C=O) groups excluding carboxylic acids is 1. The van der Waals surface area contributed by atoms with Crippen molar-refractivity contribution in [2.24, 2.45) is 29.1 Å². The van der Waals surface area contributed by atoms with Gasteiger partial charge in [-0.1, -0.05) is 0 Å². The molecule has 4 aliphatic carbocycles. The first-order chi connectivity index (χ1) is 6.33. The Bertz CT molecular complexity index is 293. The molecule has 0 aromatic carbocycles. The summed E-state index contributed by atoms with van der Waals surface area (Å²) in [5, 5.41) is 0. The zero-order valence-electron chi connectivity index (χ0n) is 7.96. The molecule has 5 atom stereocenters. The molecule has 0 N–H and O–H groups in total. The van der Waals surface area contributed by atoms with Crippen LogP contribution in [0.3, 0.4) is 0 Å². The maximum Gasteiger partial charge on any atom is 0.136 e. The molecule has 13 heavy (non-hydrogen) atoms. The van der Waals surface area contributed by atoms with Crippen LogP contribution in [-0.4, -0.2) is 5.78 Å². The first-order valence-electron chi connectivity index (χ1n) is 5.86. The second kappa shape index (κ2) is 1.87. The number of rotatable bonds is 0. The molecule has 4 fully saturated rings. The summed E-state index contributed by atoms with van der Waals surface area (Å²) in [6, 6.07) is 0. The van der Waals surface area contributed by atoms with Gasteiger partial charge >= 0.3 is 0 Å². The summed E-state index contributed by atoms with van der Waals surface area (Å²) in [5.41, 5.74) is 0.594. The molecule has 0 amide bonds. The number of Topliss-reactive ketones (excluding diaryl/α,β-unsaturated/α-hetero) is 1. The normalized spacial score (nSPS) is 62.0. The minimum absolute atomic E-state index is 0.539. The van der Waals surface area contributed by atoms with Crippen molar-refractivity contribution in [3.05, 3.63) is 0 Å². The number of hydrogen-bond donors (Lipinski definition) is 0. The predicted octanol–water partition coefficient (Wildman–Crippen LogP) is 2.40. The molecule has 4 saturated carbocycles. The highest BCUT2D eigenvalue weighted by atomic mass is 16.1. The highest BCUT2D eigenvalue weighted by Gasteiger charge is 2.72. The average molecular weight is 176 g/mol. The highest BCUT2D eigenvalue weighted by Crippen LogP contribution is 2.76. The molecule has 4 aliphatic rings. The second-order valence-corrected chi connectivity index (χ2v) is 5.70. The third-order valence-electron chi connectivity index (χ3n) is 5.81. The van der Waals surface area contributed by atoms with Gasteiger partial charge in [0, 0.05) is 12.3 Å². The average Bonchev–Trinajstić information content (AvgIpc) is 2.59. The van der Waals surface area contributed by atoms with E-state index in [0.29, 0.717) is 17.1 Å². The Hall–Kier alpha value is -0.330. The summed E-state index contributed by atoms with van der Waals surface area (Å²) in [6.07, 6.45) is 7.95. The fourth-order valence-electron chi connectivity index (χ4n) is 5.53. The van der Waals surface area contributed by atoms with E-state index in [4.69, 9.17) is 0 Å².